The van der Waals surface area contributed by atoms with Crippen LogP contribution < -0.4 is 14.4 Å². The maximum Gasteiger partial charge on any atom is 0.341 e. The van der Waals surface area contributed by atoms with E-state index in [4.69, 9.17) is 9.47 Å². The van der Waals surface area contributed by atoms with Crippen molar-refractivity contribution < 1.29 is 24.2 Å². The Kier molecular flexibility index (Phi) is 5.89. The van der Waals surface area contributed by atoms with E-state index in [2.05, 4.69) is 12.0 Å². The van der Waals surface area contributed by atoms with Crippen molar-refractivity contribution in [1.29, 1.82) is 0 Å². The maximum absolute atomic E-state index is 13.4. The Bertz CT molecular complexity index is 976. The zero-order chi connectivity index (χ0) is 22.1. The number of benzene rings is 1. The zero-order valence-electron chi connectivity index (χ0n) is 18.2. The number of carboxylic acids is 1. The van der Waals surface area contributed by atoms with Crippen LogP contribution in [0.5, 0.6) is 11.5 Å². The van der Waals surface area contributed by atoms with Gasteiger partial charge in [0.25, 0.3) is 0 Å². The summed E-state index contributed by atoms with van der Waals surface area (Å²) in [7, 11) is 0. The second-order valence-electron chi connectivity index (χ2n) is 8.70. The number of carboxylic acid groups (broad SMARTS) is 1. The van der Waals surface area contributed by atoms with Crippen LogP contribution in [0.3, 0.4) is 0 Å². The predicted octanol–water partition coefficient (Wildman–Crippen LogP) is 3.91. The van der Waals surface area contributed by atoms with E-state index in [-0.39, 0.29) is 29.2 Å². The highest BCUT2D eigenvalue weighted by Crippen LogP contribution is 2.34. The van der Waals surface area contributed by atoms with Crippen molar-refractivity contribution in [3.8, 4) is 17.2 Å². The van der Waals surface area contributed by atoms with Crippen LogP contribution in [-0.4, -0.2) is 46.0 Å². The molecule has 1 amide bonds. The molecule has 0 saturated heterocycles. The Hall–Kier alpha value is -3.03. The van der Waals surface area contributed by atoms with E-state index in [1.54, 1.807) is 23.1 Å². The van der Waals surface area contributed by atoms with E-state index in [0.717, 1.165) is 25.7 Å². The number of aromatic nitrogens is 2. The van der Waals surface area contributed by atoms with Crippen molar-refractivity contribution in [2.75, 3.05) is 18.1 Å². The molecule has 2 heterocycles. The first-order valence-corrected chi connectivity index (χ1v) is 10.9. The number of amides is 1. The minimum absolute atomic E-state index is 0.00103. The van der Waals surface area contributed by atoms with Crippen LogP contribution in [0.2, 0.25) is 0 Å². The Morgan fingerprint density at radius 1 is 1.13 bits per heavy atom. The molecule has 1 saturated carbocycles. The van der Waals surface area contributed by atoms with Gasteiger partial charge >= 0.3 is 5.97 Å². The van der Waals surface area contributed by atoms with E-state index in [9.17, 15) is 14.7 Å². The van der Waals surface area contributed by atoms with E-state index < -0.39 is 5.97 Å². The quantitative estimate of drug-likeness (QED) is 0.778. The van der Waals surface area contributed by atoms with Crippen molar-refractivity contribution in [2.45, 2.75) is 52.5 Å². The monoisotopic (exact) mass is 427 g/mol. The Morgan fingerprint density at radius 2 is 1.81 bits per heavy atom. The first-order valence-electron chi connectivity index (χ1n) is 10.9. The van der Waals surface area contributed by atoms with Crippen molar-refractivity contribution >= 4 is 17.7 Å². The number of ether oxygens (including phenoxy) is 2. The first kappa shape index (κ1) is 21.2. The minimum atomic E-state index is -1.12. The number of fused-ring (bicyclic) bond motifs is 1. The van der Waals surface area contributed by atoms with Crippen molar-refractivity contribution in [3.05, 3.63) is 30.0 Å². The fraction of sp³-hybridized carbons (Fsp3) is 0.522. The van der Waals surface area contributed by atoms with Crippen LogP contribution in [0.4, 0.5) is 5.82 Å². The molecule has 1 aromatic heterocycles. The largest absolute Gasteiger partial charge is 0.486 e. The van der Waals surface area contributed by atoms with Gasteiger partial charge in [-0.3, -0.25) is 9.69 Å². The number of rotatable bonds is 5. The highest BCUT2D eigenvalue weighted by molar-refractivity contribution is 6.01. The summed E-state index contributed by atoms with van der Waals surface area (Å²) in [5.41, 5.74) is 0.641. The molecule has 0 bridgehead atoms. The number of aromatic carboxylic acids is 1. The Morgan fingerprint density at radius 3 is 2.45 bits per heavy atom. The third-order valence-electron chi connectivity index (χ3n) is 6.06. The lowest BCUT2D eigenvalue weighted by atomic mass is 9.82. The van der Waals surface area contributed by atoms with Crippen LogP contribution >= 0.6 is 0 Å². The number of hydrogen-bond acceptors (Lipinski definition) is 5. The molecule has 1 aliphatic heterocycles. The van der Waals surface area contributed by atoms with Crippen LogP contribution in [0.15, 0.2) is 24.4 Å². The summed E-state index contributed by atoms with van der Waals surface area (Å²) >= 11 is 0. The summed E-state index contributed by atoms with van der Waals surface area (Å²) in [6.07, 6.45) is 5.14. The molecule has 1 fully saturated rings. The second kappa shape index (κ2) is 8.61. The molecule has 1 aliphatic carbocycles. The van der Waals surface area contributed by atoms with Gasteiger partial charge in [-0.05, 0) is 57.6 Å². The molecule has 31 heavy (non-hydrogen) atoms. The normalized spacial score (nSPS) is 20.5. The molecule has 0 spiro atoms. The fourth-order valence-electron chi connectivity index (χ4n) is 4.31. The first-order chi connectivity index (χ1) is 14.8. The van der Waals surface area contributed by atoms with Gasteiger partial charge in [0, 0.05) is 24.2 Å². The van der Waals surface area contributed by atoms with Gasteiger partial charge in [0.15, 0.2) is 17.3 Å². The molecule has 8 nitrogen and oxygen atoms in total. The van der Waals surface area contributed by atoms with Gasteiger partial charge in [0.1, 0.15) is 18.8 Å². The van der Waals surface area contributed by atoms with Crippen LogP contribution in [0.25, 0.3) is 5.69 Å². The summed E-state index contributed by atoms with van der Waals surface area (Å²) in [5, 5.41) is 14.4. The Labute approximate surface area is 181 Å². The lowest BCUT2D eigenvalue weighted by Crippen LogP contribution is -2.43. The molecule has 0 radical (unpaired) electrons. The smallest absolute Gasteiger partial charge is 0.341 e. The van der Waals surface area contributed by atoms with E-state index in [1.165, 1.54) is 10.9 Å². The van der Waals surface area contributed by atoms with Gasteiger partial charge in [-0.1, -0.05) is 6.92 Å². The molecule has 1 aromatic carbocycles. The SMILES string of the molecule is CC1CCC(C(=O)N(c2nn(-c3ccc4c(c3)OCCO4)cc2C(=O)O)C(C)C)CC1. The average Bonchev–Trinajstić information content (AvgIpc) is 3.19. The lowest BCUT2D eigenvalue weighted by molar-refractivity contribution is -0.123. The summed E-state index contributed by atoms with van der Waals surface area (Å²) in [6, 6.07) is 5.12. The third-order valence-corrected chi connectivity index (χ3v) is 6.06. The number of hydrogen-bond donors (Lipinski definition) is 1. The van der Waals surface area contributed by atoms with Crippen molar-refractivity contribution in [1.82, 2.24) is 9.78 Å². The molecule has 2 aliphatic rings. The standard InChI is InChI=1S/C23H29N3O5/c1-14(2)26(22(27)16-6-4-15(3)5-7-16)21-18(23(28)29)13-25(24-21)17-8-9-19-20(12-17)31-11-10-30-19/h8-9,12-16H,4-7,10-11H2,1-3H3,(H,28,29). The highest BCUT2D eigenvalue weighted by Gasteiger charge is 2.34. The number of anilines is 1. The fourth-order valence-corrected chi connectivity index (χ4v) is 4.31. The zero-order valence-corrected chi connectivity index (χ0v) is 18.2. The van der Waals surface area contributed by atoms with E-state index >= 15 is 0 Å². The third kappa shape index (κ3) is 4.24. The van der Waals surface area contributed by atoms with Crippen LogP contribution in [0.1, 0.15) is 56.8 Å². The Balaban J connectivity index is 1.70. The molecule has 166 valence electrons. The van der Waals surface area contributed by atoms with Crippen LogP contribution in [0, 0.1) is 11.8 Å². The van der Waals surface area contributed by atoms with E-state index in [0.29, 0.717) is 36.3 Å². The van der Waals surface area contributed by atoms with E-state index in [1.807, 2.05) is 13.8 Å². The molecule has 0 unspecified atom stereocenters. The van der Waals surface area contributed by atoms with Gasteiger partial charge in [-0.15, -0.1) is 5.10 Å². The van der Waals surface area contributed by atoms with Gasteiger partial charge < -0.3 is 14.6 Å². The van der Waals surface area contributed by atoms with Gasteiger partial charge in [-0.25, -0.2) is 9.48 Å². The highest BCUT2D eigenvalue weighted by atomic mass is 16.6. The molecule has 4 rings (SSSR count). The molecule has 0 atom stereocenters. The summed E-state index contributed by atoms with van der Waals surface area (Å²) in [5.74, 6) is 0.782. The molecule has 1 N–H and O–H groups in total. The summed E-state index contributed by atoms with van der Waals surface area (Å²) < 4.78 is 12.7. The number of carbonyl (C=O) groups is 2. The maximum atomic E-state index is 13.4. The van der Waals surface area contributed by atoms with Crippen molar-refractivity contribution in [2.24, 2.45) is 11.8 Å². The minimum Gasteiger partial charge on any atom is -0.486 e. The topological polar surface area (TPSA) is 93.9 Å². The molecule has 8 heteroatoms. The second-order valence-corrected chi connectivity index (χ2v) is 8.70. The molecular weight excluding hydrogens is 398 g/mol. The number of carbonyl (C=O) groups excluding carboxylic acids is 1. The molecule has 2 aromatic rings. The summed E-state index contributed by atoms with van der Waals surface area (Å²) in [6.45, 7) is 6.93. The van der Waals surface area contributed by atoms with Crippen molar-refractivity contribution in [3.63, 3.8) is 0 Å². The average molecular weight is 428 g/mol. The van der Waals surface area contributed by atoms with Crippen LogP contribution in [-0.2, 0) is 4.79 Å². The van der Waals surface area contributed by atoms with Gasteiger partial charge in [0.2, 0.25) is 5.91 Å². The number of nitrogens with zero attached hydrogens (tertiary/aromatic N) is 3. The summed E-state index contributed by atoms with van der Waals surface area (Å²) in [4.78, 5) is 27.0. The predicted molar refractivity (Wildman–Crippen MR) is 115 cm³/mol. The van der Waals surface area contributed by atoms with Gasteiger partial charge in [0.05, 0.1) is 5.69 Å². The molecular formula is C23H29N3O5. The lowest BCUT2D eigenvalue weighted by Gasteiger charge is -2.32. The van der Waals surface area contributed by atoms with Gasteiger partial charge in [-0.2, -0.15) is 0 Å².